The lowest BCUT2D eigenvalue weighted by Crippen LogP contribution is -2.36. The molecule has 3 N–H and O–H groups in total. The summed E-state index contributed by atoms with van der Waals surface area (Å²) in [6, 6.07) is 0. The van der Waals surface area contributed by atoms with Gasteiger partial charge in [0.1, 0.15) is 27.6 Å². The van der Waals surface area contributed by atoms with E-state index in [-0.39, 0.29) is 17.1 Å². The molecule has 1 aliphatic rings. The van der Waals surface area contributed by atoms with E-state index in [1.165, 1.54) is 39.5 Å². The van der Waals surface area contributed by atoms with Gasteiger partial charge in [-0.15, -0.1) is 11.3 Å². The maximum atomic E-state index is 12.8. The summed E-state index contributed by atoms with van der Waals surface area (Å²) in [5.41, 5.74) is 5.78. The van der Waals surface area contributed by atoms with Crippen LogP contribution in [0.1, 0.15) is 47.0 Å². The molecule has 3 aromatic heterocycles. The summed E-state index contributed by atoms with van der Waals surface area (Å²) in [6.45, 7) is 2.22. The Kier molecular flexibility index (Phi) is 5.55. The Morgan fingerprint density at radius 1 is 1.31 bits per heavy atom. The van der Waals surface area contributed by atoms with E-state index < -0.39 is 17.0 Å². The third-order valence-electron chi connectivity index (χ3n) is 5.02. The zero-order valence-electron chi connectivity index (χ0n) is 16.0. The van der Waals surface area contributed by atoms with Crippen molar-refractivity contribution in [1.29, 1.82) is 0 Å². The van der Waals surface area contributed by atoms with Gasteiger partial charge in [-0.05, 0) is 37.7 Å². The minimum Gasteiger partial charge on any atom is -0.384 e. The standard InChI is InChI=1S/C19H21N5O3S2/c1-2-7-24-15(20)14(16(26)23-19(24)27)11(25)8-28-17-13-10-5-3-4-6-12(10)29-18(13)22-9-21-17/h9H,2-8,20H2,1H3,(H,23,26,27). The lowest BCUT2D eigenvalue weighted by atomic mass is 9.97. The lowest BCUT2D eigenvalue weighted by molar-refractivity contribution is 0.102. The third-order valence-corrected chi connectivity index (χ3v) is 7.21. The summed E-state index contributed by atoms with van der Waals surface area (Å²) in [5, 5.41) is 1.78. The van der Waals surface area contributed by atoms with Crippen LogP contribution in [0.5, 0.6) is 0 Å². The van der Waals surface area contributed by atoms with E-state index >= 15 is 0 Å². The number of aromatic amines is 1. The summed E-state index contributed by atoms with van der Waals surface area (Å²) in [5.74, 6) is -0.490. The number of thioether (sulfide) groups is 1. The molecule has 0 unspecified atom stereocenters. The second-order valence-electron chi connectivity index (χ2n) is 6.95. The monoisotopic (exact) mass is 431 g/mol. The fourth-order valence-electron chi connectivity index (χ4n) is 3.68. The average Bonchev–Trinajstić information content (AvgIpc) is 3.08. The lowest BCUT2D eigenvalue weighted by Gasteiger charge is -2.12. The molecule has 0 aromatic carbocycles. The number of carbonyl (C=O) groups excluding carboxylic acids is 1. The zero-order chi connectivity index (χ0) is 20.5. The Balaban J connectivity index is 1.65. The maximum absolute atomic E-state index is 12.8. The number of nitrogens with zero attached hydrogens (tertiary/aromatic N) is 3. The van der Waals surface area contributed by atoms with Gasteiger partial charge < -0.3 is 5.73 Å². The SMILES string of the molecule is CCCn1c(N)c(C(=O)CSc2ncnc3sc4c(c23)CCCC4)c(=O)[nH]c1=O. The number of nitrogens with two attached hydrogens (primary N) is 1. The molecule has 10 heteroatoms. The molecule has 8 nitrogen and oxygen atoms in total. The minimum absolute atomic E-state index is 0.00828. The molecule has 0 fully saturated rings. The number of thiophene rings is 1. The number of hydrogen-bond acceptors (Lipinski definition) is 8. The number of aryl methyl sites for hydroxylation is 2. The number of nitrogen functional groups attached to an aromatic ring is 1. The van der Waals surface area contributed by atoms with Crippen LogP contribution in [0.25, 0.3) is 10.2 Å². The number of Topliss-reactive ketones (excluding diaryl/α,β-unsaturated/α-hetero) is 1. The summed E-state index contributed by atoms with van der Waals surface area (Å²) < 4.78 is 1.23. The number of fused-ring (bicyclic) bond motifs is 3. The first-order chi connectivity index (χ1) is 14.0. The first-order valence-corrected chi connectivity index (χ1v) is 11.3. The summed E-state index contributed by atoms with van der Waals surface area (Å²) in [7, 11) is 0. The van der Waals surface area contributed by atoms with Gasteiger partial charge in [-0.3, -0.25) is 19.1 Å². The van der Waals surface area contributed by atoms with Crippen molar-refractivity contribution in [2.45, 2.75) is 50.6 Å². The van der Waals surface area contributed by atoms with Crippen molar-refractivity contribution in [1.82, 2.24) is 19.5 Å². The molecule has 1 aliphatic carbocycles. The Morgan fingerprint density at radius 3 is 2.90 bits per heavy atom. The van der Waals surface area contributed by atoms with Crippen LogP contribution < -0.4 is 17.0 Å². The van der Waals surface area contributed by atoms with E-state index in [1.807, 2.05) is 6.92 Å². The van der Waals surface area contributed by atoms with Gasteiger partial charge in [-0.1, -0.05) is 18.7 Å². The highest BCUT2D eigenvalue weighted by Gasteiger charge is 2.23. The molecule has 29 heavy (non-hydrogen) atoms. The molecule has 152 valence electrons. The van der Waals surface area contributed by atoms with Gasteiger partial charge in [0.15, 0.2) is 5.78 Å². The summed E-state index contributed by atoms with van der Waals surface area (Å²) in [4.78, 5) is 50.3. The number of aromatic nitrogens is 4. The number of H-pyrrole nitrogens is 1. The van der Waals surface area contributed by atoms with E-state index in [4.69, 9.17) is 5.73 Å². The number of carbonyl (C=O) groups is 1. The maximum Gasteiger partial charge on any atom is 0.329 e. The molecule has 0 aliphatic heterocycles. The number of rotatable bonds is 6. The highest BCUT2D eigenvalue weighted by Crippen LogP contribution is 2.39. The van der Waals surface area contributed by atoms with Crippen LogP contribution in [0, 0.1) is 0 Å². The number of ketones is 1. The molecular formula is C19H21N5O3S2. The fraction of sp³-hybridized carbons (Fsp3) is 0.421. The molecule has 0 saturated heterocycles. The van der Waals surface area contributed by atoms with Crippen molar-refractivity contribution in [3.8, 4) is 0 Å². The second kappa shape index (κ2) is 8.11. The molecule has 0 bridgehead atoms. The quantitative estimate of drug-likeness (QED) is 0.349. The highest BCUT2D eigenvalue weighted by molar-refractivity contribution is 8.00. The van der Waals surface area contributed by atoms with Crippen LogP contribution in [0.3, 0.4) is 0 Å². The van der Waals surface area contributed by atoms with Gasteiger partial charge in [0, 0.05) is 16.8 Å². The van der Waals surface area contributed by atoms with Crippen molar-refractivity contribution >= 4 is 44.9 Å². The van der Waals surface area contributed by atoms with Crippen LogP contribution in [-0.2, 0) is 19.4 Å². The van der Waals surface area contributed by atoms with Crippen molar-refractivity contribution in [3.63, 3.8) is 0 Å². The molecule has 3 heterocycles. The van der Waals surface area contributed by atoms with Crippen LogP contribution in [-0.4, -0.2) is 31.1 Å². The van der Waals surface area contributed by atoms with E-state index in [0.717, 1.165) is 34.5 Å². The zero-order valence-corrected chi connectivity index (χ0v) is 17.6. The first kappa shape index (κ1) is 19.8. The van der Waals surface area contributed by atoms with Crippen LogP contribution >= 0.6 is 23.1 Å². The van der Waals surface area contributed by atoms with E-state index in [2.05, 4.69) is 15.0 Å². The molecule has 3 aromatic rings. The molecule has 0 atom stereocenters. The van der Waals surface area contributed by atoms with E-state index in [1.54, 1.807) is 11.3 Å². The van der Waals surface area contributed by atoms with Crippen LogP contribution in [0.2, 0.25) is 0 Å². The number of hydrogen-bond donors (Lipinski definition) is 2. The van der Waals surface area contributed by atoms with Gasteiger partial charge >= 0.3 is 5.69 Å². The van der Waals surface area contributed by atoms with Crippen molar-refractivity contribution in [2.24, 2.45) is 0 Å². The van der Waals surface area contributed by atoms with Crippen molar-refractivity contribution in [2.75, 3.05) is 11.5 Å². The molecular weight excluding hydrogens is 410 g/mol. The van der Waals surface area contributed by atoms with Crippen LogP contribution in [0.4, 0.5) is 5.82 Å². The van der Waals surface area contributed by atoms with Gasteiger partial charge in [-0.25, -0.2) is 14.8 Å². The Morgan fingerprint density at radius 2 is 2.10 bits per heavy atom. The van der Waals surface area contributed by atoms with Crippen molar-refractivity contribution in [3.05, 3.63) is 43.2 Å². The van der Waals surface area contributed by atoms with Crippen molar-refractivity contribution < 1.29 is 4.79 Å². The second-order valence-corrected chi connectivity index (χ2v) is 9.00. The van der Waals surface area contributed by atoms with Gasteiger partial charge in [0.05, 0.1) is 5.75 Å². The first-order valence-electron chi connectivity index (χ1n) is 9.55. The molecule has 0 saturated carbocycles. The number of nitrogens with one attached hydrogen (secondary N) is 1. The molecule has 4 rings (SSSR count). The Hall–Kier alpha value is -2.46. The normalized spacial score (nSPS) is 13.6. The molecule has 0 radical (unpaired) electrons. The summed E-state index contributed by atoms with van der Waals surface area (Å²) in [6.07, 6.45) is 6.55. The van der Waals surface area contributed by atoms with E-state index in [0.29, 0.717) is 13.0 Å². The fourth-order valence-corrected chi connectivity index (χ4v) is 5.87. The van der Waals surface area contributed by atoms with E-state index in [9.17, 15) is 14.4 Å². The summed E-state index contributed by atoms with van der Waals surface area (Å²) >= 11 is 2.98. The minimum atomic E-state index is -0.744. The average molecular weight is 432 g/mol. The largest absolute Gasteiger partial charge is 0.384 e. The number of anilines is 1. The predicted molar refractivity (Wildman–Crippen MR) is 115 cm³/mol. The van der Waals surface area contributed by atoms with Gasteiger partial charge in [-0.2, -0.15) is 0 Å². The van der Waals surface area contributed by atoms with Crippen LogP contribution in [0.15, 0.2) is 20.9 Å². The predicted octanol–water partition coefficient (Wildman–Crippen LogP) is 2.39. The molecule has 0 amide bonds. The Bertz CT molecular complexity index is 1210. The third kappa shape index (κ3) is 3.62. The Labute approximate surface area is 174 Å². The van der Waals surface area contributed by atoms with Gasteiger partial charge in [0.2, 0.25) is 0 Å². The topological polar surface area (TPSA) is 124 Å². The smallest absolute Gasteiger partial charge is 0.329 e. The molecule has 0 spiro atoms. The highest BCUT2D eigenvalue weighted by atomic mass is 32.2. The van der Waals surface area contributed by atoms with Gasteiger partial charge in [0.25, 0.3) is 5.56 Å².